The molecule has 1 fully saturated rings. The number of benzene rings is 1. The van der Waals surface area contributed by atoms with Crippen molar-refractivity contribution >= 4 is 45.2 Å². The van der Waals surface area contributed by atoms with E-state index in [0.717, 1.165) is 0 Å². The van der Waals surface area contributed by atoms with Crippen LogP contribution in [-0.4, -0.2) is 48.4 Å². The molecule has 8 nitrogen and oxygen atoms in total. The number of hydrogen-bond acceptors (Lipinski definition) is 7. The van der Waals surface area contributed by atoms with Crippen molar-refractivity contribution in [3.8, 4) is 0 Å². The number of nitrogens with two attached hydrogens (primary N) is 2. The van der Waals surface area contributed by atoms with Crippen LogP contribution in [-0.2, 0) is 6.42 Å². The number of halogens is 4. The van der Waals surface area contributed by atoms with Crippen molar-refractivity contribution in [2.24, 2.45) is 5.41 Å². The number of aliphatic hydroxyl groups excluding tert-OH is 2. The van der Waals surface area contributed by atoms with Gasteiger partial charge >= 0.3 is 0 Å². The van der Waals surface area contributed by atoms with Crippen LogP contribution in [0.5, 0.6) is 0 Å². The standard InChI is InChI=1S/C23H22ClF3N6O2/c24-13-7-12-14(25)5-10(6-15(12)32-20(13)29)1-3-23(22(26)27)8-16(17(34)18(23)35)33-4-2-11-19(28)30-9-31-21(11)33/h2,4-7,9,16-18,22,34-35H,1,3,8H2,(H2,29,32)(H2,28,30,31)/t16-,17+,18+,23-/m1/s1. The number of aromatic nitrogens is 4. The molecule has 0 radical (unpaired) electrons. The Kier molecular flexibility index (Phi) is 5.73. The highest BCUT2D eigenvalue weighted by molar-refractivity contribution is 6.33. The third kappa shape index (κ3) is 3.74. The number of pyridine rings is 1. The number of aryl methyl sites for hydroxylation is 1. The Labute approximate surface area is 202 Å². The maximum Gasteiger partial charge on any atom is 0.246 e. The van der Waals surface area contributed by atoms with Gasteiger partial charge in [0.2, 0.25) is 6.43 Å². The fraction of sp³-hybridized carbons (Fsp3) is 0.348. The fourth-order valence-electron chi connectivity index (χ4n) is 5.08. The molecule has 0 unspecified atom stereocenters. The van der Waals surface area contributed by atoms with Crippen molar-refractivity contribution in [3.63, 3.8) is 0 Å². The Bertz CT molecular complexity index is 1430. The molecule has 0 amide bonds. The lowest BCUT2D eigenvalue weighted by Gasteiger charge is -2.32. The Balaban J connectivity index is 1.47. The summed E-state index contributed by atoms with van der Waals surface area (Å²) >= 11 is 5.92. The number of aliphatic hydroxyl groups is 2. The first kappa shape index (κ1) is 23.6. The first-order valence-electron chi connectivity index (χ1n) is 10.9. The smallest absolute Gasteiger partial charge is 0.246 e. The molecule has 1 saturated carbocycles. The quantitative estimate of drug-likeness (QED) is 0.325. The van der Waals surface area contributed by atoms with Crippen LogP contribution in [0.2, 0.25) is 5.02 Å². The minimum Gasteiger partial charge on any atom is -0.390 e. The second-order valence-electron chi connectivity index (χ2n) is 8.96. The number of nitrogens with zero attached hydrogens (tertiary/aromatic N) is 4. The van der Waals surface area contributed by atoms with Crippen LogP contribution in [0.25, 0.3) is 21.9 Å². The van der Waals surface area contributed by atoms with Crippen molar-refractivity contribution < 1.29 is 23.4 Å². The Morgan fingerprint density at radius 2 is 1.91 bits per heavy atom. The molecule has 6 N–H and O–H groups in total. The summed E-state index contributed by atoms with van der Waals surface area (Å²) in [4.78, 5) is 12.2. The van der Waals surface area contributed by atoms with E-state index >= 15 is 0 Å². The molecule has 0 saturated heterocycles. The largest absolute Gasteiger partial charge is 0.390 e. The van der Waals surface area contributed by atoms with Crippen molar-refractivity contribution in [3.05, 3.63) is 53.2 Å². The first-order valence-corrected chi connectivity index (χ1v) is 11.3. The van der Waals surface area contributed by atoms with Crippen LogP contribution in [0.15, 0.2) is 36.8 Å². The summed E-state index contributed by atoms with van der Waals surface area (Å²) in [7, 11) is 0. The van der Waals surface area contributed by atoms with E-state index in [1.165, 1.54) is 23.0 Å². The highest BCUT2D eigenvalue weighted by Crippen LogP contribution is 2.52. The molecule has 1 aliphatic rings. The molecule has 35 heavy (non-hydrogen) atoms. The molecule has 0 aliphatic heterocycles. The monoisotopic (exact) mass is 506 g/mol. The number of fused-ring (bicyclic) bond motifs is 2. The molecular weight excluding hydrogens is 485 g/mol. The van der Waals surface area contributed by atoms with Gasteiger partial charge in [-0.3, -0.25) is 0 Å². The number of nitrogen functional groups attached to an aromatic ring is 2. The molecule has 0 spiro atoms. The van der Waals surface area contributed by atoms with E-state index in [-0.39, 0.29) is 46.8 Å². The third-order valence-corrected chi connectivity index (χ3v) is 7.33. The van der Waals surface area contributed by atoms with Gasteiger partial charge in [0.25, 0.3) is 0 Å². The Morgan fingerprint density at radius 1 is 1.14 bits per heavy atom. The predicted molar refractivity (Wildman–Crippen MR) is 125 cm³/mol. The van der Waals surface area contributed by atoms with Crippen LogP contribution >= 0.6 is 11.6 Å². The van der Waals surface area contributed by atoms with Gasteiger partial charge in [-0.05, 0) is 49.1 Å². The fourth-order valence-corrected chi connectivity index (χ4v) is 5.23. The highest BCUT2D eigenvalue weighted by Gasteiger charge is 2.58. The zero-order chi connectivity index (χ0) is 25.1. The molecule has 184 valence electrons. The summed E-state index contributed by atoms with van der Waals surface area (Å²) in [6.45, 7) is 0. The van der Waals surface area contributed by atoms with Gasteiger partial charge in [0, 0.05) is 11.6 Å². The highest BCUT2D eigenvalue weighted by atomic mass is 35.5. The zero-order valence-corrected chi connectivity index (χ0v) is 19.0. The van der Waals surface area contributed by atoms with Crippen LogP contribution < -0.4 is 11.5 Å². The van der Waals surface area contributed by atoms with Crippen molar-refractivity contribution in [1.82, 2.24) is 19.5 Å². The summed E-state index contributed by atoms with van der Waals surface area (Å²) in [5, 5.41) is 22.4. The molecular formula is C23H22ClF3N6O2. The molecule has 4 atom stereocenters. The van der Waals surface area contributed by atoms with Gasteiger partial charge < -0.3 is 26.2 Å². The summed E-state index contributed by atoms with van der Waals surface area (Å²) in [5.41, 5.74) is 10.7. The Morgan fingerprint density at radius 3 is 2.66 bits per heavy atom. The van der Waals surface area contributed by atoms with Crippen molar-refractivity contribution in [2.75, 3.05) is 11.5 Å². The number of alkyl halides is 2. The SMILES string of the molecule is Nc1nc2cc(CC[C@@]3(C(F)F)C[C@@H](n4ccc5c(N)ncnc54)[C@H](O)[C@@H]3O)cc(F)c2cc1Cl. The lowest BCUT2D eigenvalue weighted by molar-refractivity contribution is -0.103. The zero-order valence-electron chi connectivity index (χ0n) is 18.2. The van der Waals surface area contributed by atoms with Crippen molar-refractivity contribution in [2.45, 2.75) is 43.9 Å². The average Bonchev–Trinajstić information content (AvgIpc) is 3.35. The molecule has 12 heteroatoms. The molecule has 4 aromatic rings. The van der Waals surface area contributed by atoms with Crippen molar-refractivity contribution in [1.29, 1.82) is 0 Å². The topological polar surface area (TPSA) is 136 Å². The van der Waals surface area contributed by atoms with Crippen LogP contribution in [0.4, 0.5) is 24.8 Å². The maximum absolute atomic E-state index is 14.7. The van der Waals surface area contributed by atoms with Gasteiger partial charge in [-0.15, -0.1) is 0 Å². The maximum atomic E-state index is 14.7. The van der Waals surface area contributed by atoms with E-state index in [0.29, 0.717) is 16.6 Å². The van der Waals surface area contributed by atoms with E-state index in [1.807, 2.05) is 0 Å². The molecule has 1 aromatic carbocycles. The summed E-state index contributed by atoms with van der Waals surface area (Å²) in [6, 6.07) is 4.90. The van der Waals surface area contributed by atoms with Gasteiger partial charge in [0.05, 0.1) is 33.5 Å². The minimum absolute atomic E-state index is 0.0133. The second kappa shape index (κ2) is 8.51. The lowest BCUT2D eigenvalue weighted by atomic mass is 9.78. The van der Waals surface area contributed by atoms with Crippen LogP contribution in [0.3, 0.4) is 0 Å². The molecule has 0 bridgehead atoms. The summed E-state index contributed by atoms with van der Waals surface area (Å²) < 4.78 is 45.2. The summed E-state index contributed by atoms with van der Waals surface area (Å²) in [6.07, 6.45) is -3.74. The van der Waals surface area contributed by atoms with E-state index in [9.17, 15) is 23.4 Å². The predicted octanol–water partition coefficient (Wildman–Crippen LogP) is 3.49. The van der Waals surface area contributed by atoms with Gasteiger partial charge in [0.15, 0.2) is 0 Å². The number of anilines is 2. The molecule has 1 aliphatic carbocycles. The molecule has 5 rings (SSSR count). The second-order valence-corrected chi connectivity index (χ2v) is 9.37. The molecule has 3 heterocycles. The van der Waals surface area contributed by atoms with Crippen LogP contribution in [0.1, 0.15) is 24.4 Å². The van der Waals surface area contributed by atoms with Crippen LogP contribution in [0, 0.1) is 11.2 Å². The molecule has 3 aromatic heterocycles. The van der Waals surface area contributed by atoms with Gasteiger partial charge in [-0.1, -0.05) is 11.6 Å². The minimum atomic E-state index is -2.95. The third-order valence-electron chi connectivity index (χ3n) is 7.03. The van der Waals surface area contributed by atoms with E-state index < -0.39 is 35.9 Å². The van der Waals surface area contributed by atoms with Gasteiger partial charge in [-0.25, -0.2) is 28.1 Å². The Hall–Kier alpha value is -3.15. The van der Waals surface area contributed by atoms with E-state index in [1.54, 1.807) is 18.3 Å². The lowest BCUT2D eigenvalue weighted by Crippen LogP contribution is -2.42. The first-order chi connectivity index (χ1) is 16.6. The van der Waals surface area contributed by atoms with Gasteiger partial charge in [-0.2, -0.15) is 0 Å². The summed E-state index contributed by atoms with van der Waals surface area (Å²) in [5.74, 6) is -0.366. The van der Waals surface area contributed by atoms with E-state index in [4.69, 9.17) is 23.1 Å². The average molecular weight is 507 g/mol. The number of hydrogen-bond donors (Lipinski definition) is 4. The number of rotatable bonds is 5. The van der Waals surface area contributed by atoms with E-state index in [2.05, 4.69) is 15.0 Å². The van der Waals surface area contributed by atoms with Gasteiger partial charge in [0.1, 0.15) is 35.5 Å². The normalized spacial score (nSPS) is 24.7.